The number of aromatic nitrogens is 1. The second-order valence-electron chi connectivity index (χ2n) is 8.10. The van der Waals surface area contributed by atoms with Gasteiger partial charge in [0.15, 0.2) is 0 Å². The Hall–Kier alpha value is -3.52. The third-order valence-corrected chi connectivity index (χ3v) is 6.01. The fraction of sp³-hybridized carbons (Fsp3) is 0.148. The SMILES string of the molecule is O=C(Nc1ccc(Br)cc1)N(Cc1ccccc1)Cc1cccn1Cc1cccc(C(F)(F)F)c1. The molecule has 2 amide bonds. The molecule has 180 valence electrons. The lowest BCUT2D eigenvalue weighted by molar-refractivity contribution is -0.137. The predicted octanol–water partition coefficient (Wildman–Crippen LogP) is 7.55. The number of amides is 2. The van der Waals surface area contributed by atoms with Gasteiger partial charge in [0.1, 0.15) is 0 Å². The molecule has 4 nitrogen and oxygen atoms in total. The van der Waals surface area contributed by atoms with Crippen molar-refractivity contribution in [3.05, 3.63) is 124 Å². The van der Waals surface area contributed by atoms with E-state index in [2.05, 4.69) is 21.2 Å². The van der Waals surface area contributed by atoms with E-state index in [1.807, 2.05) is 65.4 Å². The van der Waals surface area contributed by atoms with Gasteiger partial charge in [-0.1, -0.05) is 58.4 Å². The molecule has 8 heteroatoms. The largest absolute Gasteiger partial charge is 0.416 e. The van der Waals surface area contributed by atoms with Crippen LogP contribution in [0.15, 0.2) is 102 Å². The maximum Gasteiger partial charge on any atom is 0.416 e. The van der Waals surface area contributed by atoms with Crippen molar-refractivity contribution in [1.29, 1.82) is 0 Å². The van der Waals surface area contributed by atoms with Crippen LogP contribution in [0.2, 0.25) is 0 Å². The van der Waals surface area contributed by atoms with Gasteiger partial charge in [-0.25, -0.2) is 4.79 Å². The molecule has 0 saturated carbocycles. The highest BCUT2D eigenvalue weighted by Crippen LogP contribution is 2.30. The summed E-state index contributed by atoms with van der Waals surface area (Å²) in [5.74, 6) is 0. The number of carbonyl (C=O) groups is 1. The first kappa shape index (κ1) is 24.6. The number of rotatable bonds is 7. The smallest absolute Gasteiger partial charge is 0.345 e. The molecule has 4 aromatic rings. The highest BCUT2D eigenvalue weighted by Gasteiger charge is 2.30. The summed E-state index contributed by atoms with van der Waals surface area (Å²) in [5, 5.41) is 2.93. The number of alkyl halides is 3. The van der Waals surface area contributed by atoms with Crippen LogP contribution in [-0.2, 0) is 25.8 Å². The lowest BCUT2D eigenvalue weighted by Crippen LogP contribution is -2.34. The zero-order chi connectivity index (χ0) is 24.8. The summed E-state index contributed by atoms with van der Waals surface area (Å²) >= 11 is 3.39. The highest BCUT2D eigenvalue weighted by molar-refractivity contribution is 9.10. The molecule has 0 saturated heterocycles. The predicted molar refractivity (Wildman–Crippen MR) is 134 cm³/mol. The van der Waals surface area contributed by atoms with E-state index >= 15 is 0 Å². The molecular weight excluding hydrogens is 519 g/mol. The van der Waals surface area contributed by atoms with E-state index in [4.69, 9.17) is 0 Å². The van der Waals surface area contributed by atoms with E-state index in [1.54, 1.807) is 23.1 Å². The van der Waals surface area contributed by atoms with Crippen molar-refractivity contribution in [1.82, 2.24) is 9.47 Å². The molecule has 3 aromatic carbocycles. The normalized spacial score (nSPS) is 11.3. The Morgan fingerprint density at radius 1 is 0.857 bits per heavy atom. The van der Waals surface area contributed by atoms with Gasteiger partial charge in [-0.2, -0.15) is 13.2 Å². The molecule has 0 aliphatic rings. The number of hydrogen-bond acceptors (Lipinski definition) is 1. The van der Waals surface area contributed by atoms with Crippen LogP contribution in [0.5, 0.6) is 0 Å². The summed E-state index contributed by atoms with van der Waals surface area (Å²) in [4.78, 5) is 14.9. The molecule has 0 bridgehead atoms. The van der Waals surface area contributed by atoms with Gasteiger partial charge in [0.25, 0.3) is 0 Å². The van der Waals surface area contributed by atoms with Crippen molar-refractivity contribution < 1.29 is 18.0 Å². The van der Waals surface area contributed by atoms with Crippen LogP contribution < -0.4 is 5.32 Å². The van der Waals surface area contributed by atoms with Gasteiger partial charge in [0, 0.05) is 35.1 Å². The Kier molecular flexibility index (Phi) is 7.60. The lowest BCUT2D eigenvalue weighted by Gasteiger charge is -2.24. The quantitative estimate of drug-likeness (QED) is 0.257. The van der Waals surface area contributed by atoms with Crippen LogP contribution in [0.1, 0.15) is 22.4 Å². The molecule has 1 aromatic heterocycles. The highest BCUT2D eigenvalue weighted by atomic mass is 79.9. The Morgan fingerprint density at radius 2 is 1.57 bits per heavy atom. The Morgan fingerprint density at radius 3 is 2.29 bits per heavy atom. The van der Waals surface area contributed by atoms with E-state index in [0.717, 1.165) is 27.9 Å². The van der Waals surface area contributed by atoms with Gasteiger partial charge < -0.3 is 14.8 Å². The van der Waals surface area contributed by atoms with Crippen molar-refractivity contribution in [3.8, 4) is 0 Å². The van der Waals surface area contributed by atoms with Gasteiger partial charge in [0.2, 0.25) is 0 Å². The average molecular weight is 542 g/mol. The molecule has 0 aliphatic heterocycles. The molecule has 0 fully saturated rings. The Labute approximate surface area is 210 Å². The van der Waals surface area contributed by atoms with Crippen molar-refractivity contribution in [2.24, 2.45) is 0 Å². The third-order valence-electron chi connectivity index (χ3n) is 5.48. The zero-order valence-corrected chi connectivity index (χ0v) is 20.3. The number of urea groups is 1. The second kappa shape index (κ2) is 10.8. The van der Waals surface area contributed by atoms with Crippen molar-refractivity contribution in [2.75, 3.05) is 5.32 Å². The molecule has 35 heavy (non-hydrogen) atoms. The summed E-state index contributed by atoms with van der Waals surface area (Å²) in [6.45, 7) is 0.918. The van der Waals surface area contributed by atoms with Crippen molar-refractivity contribution in [3.63, 3.8) is 0 Å². The topological polar surface area (TPSA) is 37.3 Å². The zero-order valence-electron chi connectivity index (χ0n) is 18.7. The van der Waals surface area contributed by atoms with E-state index < -0.39 is 11.7 Å². The van der Waals surface area contributed by atoms with Gasteiger partial charge >= 0.3 is 12.2 Å². The maximum atomic E-state index is 13.2. The molecule has 0 radical (unpaired) electrons. The molecular formula is C27H23BrF3N3O. The van der Waals surface area contributed by atoms with Crippen LogP contribution in [-0.4, -0.2) is 15.5 Å². The van der Waals surface area contributed by atoms with Gasteiger partial charge in [-0.15, -0.1) is 0 Å². The van der Waals surface area contributed by atoms with Crippen LogP contribution in [0, 0.1) is 0 Å². The average Bonchev–Trinajstić information content (AvgIpc) is 3.27. The van der Waals surface area contributed by atoms with Gasteiger partial charge in [-0.3, -0.25) is 0 Å². The molecule has 1 N–H and O–H groups in total. The molecule has 0 unspecified atom stereocenters. The van der Waals surface area contributed by atoms with Gasteiger partial charge in [0.05, 0.1) is 12.1 Å². The molecule has 1 heterocycles. The number of benzene rings is 3. The number of carbonyl (C=O) groups excluding carboxylic acids is 1. The fourth-order valence-electron chi connectivity index (χ4n) is 3.72. The van der Waals surface area contributed by atoms with E-state index in [9.17, 15) is 18.0 Å². The Balaban J connectivity index is 1.55. The monoisotopic (exact) mass is 541 g/mol. The van der Waals surface area contributed by atoms with E-state index in [1.165, 1.54) is 6.07 Å². The molecule has 0 atom stereocenters. The number of nitrogens with one attached hydrogen (secondary N) is 1. The first-order valence-electron chi connectivity index (χ1n) is 10.9. The summed E-state index contributed by atoms with van der Waals surface area (Å²) in [7, 11) is 0. The van der Waals surface area contributed by atoms with E-state index in [-0.39, 0.29) is 19.1 Å². The fourth-order valence-corrected chi connectivity index (χ4v) is 3.99. The van der Waals surface area contributed by atoms with Crippen LogP contribution in [0.4, 0.5) is 23.7 Å². The summed E-state index contributed by atoms with van der Waals surface area (Å²) < 4.78 is 42.2. The summed E-state index contributed by atoms with van der Waals surface area (Å²) in [6.07, 6.45) is -2.59. The number of nitrogens with zero attached hydrogens (tertiary/aromatic N) is 2. The second-order valence-corrected chi connectivity index (χ2v) is 9.02. The minimum Gasteiger partial charge on any atom is -0.345 e. The number of halogens is 4. The van der Waals surface area contributed by atoms with Crippen molar-refractivity contribution in [2.45, 2.75) is 25.8 Å². The van der Waals surface area contributed by atoms with Crippen LogP contribution >= 0.6 is 15.9 Å². The summed E-state index contributed by atoms with van der Waals surface area (Å²) in [6, 6.07) is 25.7. The first-order valence-corrected chi connectivity index (χ1v) is 11.7. The Bertz CT molecular complexity index is 1270. The first-order chi connectivity index (χ1) is 16.8. The molecule has 0 spiro atoms. The minimum atomic E-state index is -4.40. The lowest BCUT2D eigenvalue weighted by atomic mass is 10.1. The third kappa shape index (κ3) is 6.76. The molecule has 0 aliphatic carbocycles. The van der Waals surface area contributed by atoms with Crippen LogP contribution in [0.3, 0.4) is 0 Å². The number of anilines is 1. The van der Waals surface area contributed by atoms with Crippen molar-refractivity contribution >= 4 is 27.6 Å². The van der Waals surface area contributed by atoms with Crippen LogP contribution in [0.25, 0.3) is 0 Å². The standard InChI is InChI=1S/C27H23BrF3N3O/c28-23-11-13-24(14-12-23)32-26(35)34(17-20-6-2-1-3-7-20)19-25-10-5-15-33(25)18-21-8-4-9-22(16-21)27(29,30)31/h1-16H,17-19H2,(H,32,35). The molecule has 4 rings (SSSR count). The summed E-state index contributed by atoms with van der Waals surface area (Å²) in [5.41, 5.74) is 2.30. The maximum absolute atomic E-state index is 13.2. The van der Waals surface area contributed by atoms with Gasteiger partial charge in [-0.05, 0) is 59.7 Å². The minimum absolute atomic E-state index is 0.264. The van der Waals surface area contributed by atoms with E-state index in [0.29, 0.717) is 17.8 Å². The number of hydrogen-bond donors (Lipinski definition) is 1.